The van der Waals surface area contributed by atoms with E-state index in [1.807, 2.05) is 6.07 Å². The number of benzene rings is 1. The zero-order chi connectivity index (χ0) is 12.5. The summed E-state index contributed by atoms with van der Waals surface area (Å²) in [7, 11) is 0. The fraction of sp³-hybridized carbons (Fsp3) is 0.600. The van der Waals surface area contributed by atoms with Crippen LogP contribution in [0.1, 0.15) is 42.9 Å². The molecular formula is C15H22O2. The molecule has 0 saturated carbocycles. The number of hydrogen-bond donors (Lipinski definition) is 1. The summed E-state index contributed by atoms with van der Waals surface area (Å²) in [6.45, 7) is 6.96. The minimum absolute atomic E-state index is 0.189. The molecule has 2 atom stereocenters. The smallest absolute Gasteiger partial charge is 0.0945 e. The van der Waals surface area contributed by atoms with Crippen LogP contribution < -0.4 is 0 Å². The molecule has 1 N–H and O–H groups in total. The molecule has 0 amide bonds. The van der Waals surface area contributed by atoms with Gasteiger partial charge in [-0.05, 0) is 37.0 Å². The molecule has 17 heavy (non-hydrogen) atoms. The normalized spacial score (nSPS) is 29.3. The average molecular weight is 234 g/mol. The van der Waals surface area contributed by atoms with Crippen LogP contribution in [-0.2, 0) is 10.3 Å². The van der Waals surface area contributed by atoms with Crippen molar-refractivity contribution >= 4 is 0 Å². The summed E-state index contributed by atoms with van der Waals surface area (Å²) in [5.74, 6) is 0. The fourth-order valence-electron chi connectivity index (χ4n) is 2.69. The monoisotopic (exact) mass is 234 g/mol. The van der Waals surface area contributed by atoms with Crippen molar-refractivity contribution in [1.29, 1.82) is 0 Å². The Bertz CT molecular complexity index is 400. The maximum absolute atomic E-state index is 10.9. The highest BCUT2D eigenvalue weighted by molar-refractivity contribution is 5.37. The quantitative estimate of drug-likeness (QED) is 0.852. The van der Waals surface area contributed by atoms with Crippen LogP contribution in [0.25, 0.3) is 0 Å². The minimum Gasteiger partial charge on any atom is -0.385 e. The first-order valence-electron chi connectivity index (χ1n) is 6.47. The summed E-state index contributed by atoms with van der Waals surface area (Å²) in [5.41, 5.74) is 2.84. The number of ether oxygens (including phenoxy) is 1. The van der Waals surface area contributed by atoms with Gasteiger partial charge in [0.2, 0.25) is 0 Å². The van der Waals surface area contributed by atoms with Crippen LogP contribution in [0.5, 0.6) is 0 Å². The molecule has 2 heteroatoms. The third-order valence-corrected chi connectivity index (χ3v) is 4.00. The molecule has 0 spiro atoms. The van der Waals surface area contributed by atoms with Gasteiger partial charge >= 0.3 is 0 Å². The molecule has 2 rings (SSSR count). The average Bonchev–Trinajstić information content (AvgIpc) is 2.32. The highest BCUT2D eigenvalue weighted by Gasteiger charge is 2.36. The van der Waals surface area contributed by atoms with Gasteiger partial charge in [-0.1, -0.05) is 25.1 Å². The lowest BCUT2D eigenvalue weighted by atomic mass is 9.80. The fourth-order valence-corrected chi connectivity index (χ4v) is 2.69. The minimum atomic E-state index is -0.699. The Morgan fingerprint density at radius 3 is 2.88 bits per heavy atom. The molecule has 0 bridgehead atoms. The highest BCUT2D eigenvalue weighted by Crippen LogP contribution is 2.37. The molecule has 1 aromatic rings. The van der Waals surface area contributed by atoms with Gasteiger partial charge in [-0.3, -0.25) is 0 Å². The van der Waals surface area contributed by atoms with E-state index in [1.54, 1.807) is 0 Å². The largest absolute Gasteiger partial charge is 0.385 e. The number of rotatable bonds is 2. The van der Waals surface area contributed by atoms with Crippen molar-refractivity contribution in [3.8, 4) is 0 Å². The second-order valence-electron chi connectivity index (χ2n) is 5.13. The number of aliphatic hydroxyl groups is 1. The lowest BCUT2D eigenvalue weighted by Crippen LogP contribution is -2.39. The van der Waals surface area contributed by atoms with Crippen molar-refractivity contribution in [2.45, 2.75) is 51.7 Å². The molecule has 1 aliphatic heterocycles. The Morgan fingerprint density at radius 1 is 1.41 bits per heavy atom. The van der Waals surface area contributed by atoms with Crippen molar-refractivity contribution in [3.05, 3.63) is 34.9 Å². The van der Waals surface area contributed by atoms with Crippen molar-refractivity contribution in [2.24, 2.45) is 0 Å². The van der Waals surface area contributed by atoms with E-state index in [1.165, 1.54) is 11.1 Å². The van der Waals surface area contributed by atoms with Crippen LogP contribution in [0, 0.1) is 13.8 Å². The van der Waals surface area contributed by atoms with E-state index in [4.69, 9.17) is 4.74 Å². The molecule has 0 radical (unpaired) electrons. The van der Waals surface area contributed by atoms with Crippen molar-refractivity contribution < 1.29 is 9.84 Å². The maximum Gasteiger partial charge on any atom is 0.0945 e. The van der Waals surface area contributed by atoms with Crippen LogP contribution >= 0.6 is 0 Å². The first kappa shape index (κ1) is 12.6. The molecule has 1 saturated heterocycles. The standard InChI is InChI=1S/C15H22O2/c1-4-13-10-15(16,8-9-17-13)14-7-5-6-11(2)12(14)3/h5-7,13,16H,4,8-10H2,1-3H3. The second kappa shape index (κ2) is 4.79. The van der Waals surface area contributed by atoms with Crippen LogP contribution in [0.3, 0.4) is 0 Å². The predicted octanol–water partition coefficient (Wildman–Crippen LogP) is 3.08. The topological polar surface area (TPSA) is 29.5 Å². The van der Waals surface area contributed by atoms with E-state index in [0.717, 1.165) is 12.0 Å². The molecule has 2 unspecified atom stereocenters. The summed E-state index contributed by atoms with van der Waals surface area (Å²) in [4.78, 5) is 0. The molecule has 0 aliphatic carbocycles. The first-order valence-corrected chi connectivity index (χ1v) is 6.47. The van der Waals surface area contributed by atoms with E-state index < -0.39 is 5.60 Å². The van der Waals surface area contributed by atoms with Crippen molar-refractivity contribution in [1.82, 2.24) is 0 Å². The Hall–Kier alpha value is -0.860. The second-order valence-corrected chi connectivity index (χ2v) is 5.13. The third kappa shape index (κ3) is 2.38. The van der Waals surface area contributed by atoms with Crippen molar-refractivity contribution in [3.63, 3.8) is 0 Å². The van der Waals surface area contributed by atoms with E-state index in [-0.39, 0.29) is 6.10 Å². The van der Waals surface area contributed by atoms with Gasteiger partial charge in [0.05, 0.1) is 18.3 Å². The molecule has 1 aromatic carbocycles. The molecule has 2 nitrogen and oxygen atoms in total. The molecule has 1 heterocycles. The summed E-state index contributed by atoms with van der Waals surface area (Å²) in [5, 5.41) is 10.9. The molecular weight excluding hydrogens is 212 g/mol. The summed E-state index contributed by atoms with van der Waals surface area (Å²) in [6.07, 6.45) is 2.57. The Labute approximate surface area is 104 Å². The van der Waals surface area contributed by atoms with Gasteiger partial charge in [-0.2, -0.15) is 0 Å². The van der Waals surface area contributed by atoms with Gasteiger partial charge in [0.1, 0.15) is 0 Å². The van der Waals surface area contributed by atoms with Gasteiger partial charge < -0.3 is 9.84 Å². The van der Waals surface area contributed by atoms with Gasteiger partial charge in [-0.15, -0.1) is 0 Å². The zero-order valence-electron chi connectivity index (χ0n) is 11.0. The van der Waals surface area contributed by atoms with Crippen LogP contribution in [-0.4, -0.2) is 17.8 Å². The SMILES string of the molecule is CCC1CC(O)(c2cccc(C)c2C)CCO1. The maximum atomic E-state index is 10.9. The molecule has 0 aromatic heterocycles. The first-order chi connectivity index (χ1) is 8.07. The lowest BCUT2D eigenvalue weighted by Gasteiger charge is -2.38. The summed E-state index contributed by atoms with van der Waals surface area (Å²) >= 11 is 0. The summed E-state index contributed by atoms with van der Waals surface area (Å²) in [6, 6.07) is 6.19. The van der Waals surface area contributed by atoms with Crippen LogP contribution in [0.2, 0.25) is 0 Å². The lowest BCUT2D eigenvalue weighted by molar-refractivity contribution is -0.108. The number of aryl methyl sites for hydroxylation is 1. The van der Waals surface area contributed by atoms with Gasteiger partial charge in [0.15, 0.2) is 0 Å². The van der Waals surface area contributed by atoms with E-state index >= 15 is 0 Å². The van der Waals surface area contributed by atoms with Crippen LogP contribution in [0.4, 0.5) is 0 Å². The van der Waals surface area contributed by atoms with Gasteiger partial charge in [0.25, 0.3) is 0 Å². The summed E-state index contributed by atoms with van der Waals surface area (Å²) < 4.78 is 5.65. The Balaban J connectivity index is 2.33. The third-order valence-electron chi connectivity index (χ3n) is 4.00. The van der Waals surface area contributed by atoms with Gasteiger partial charge in [-0.25, -0.2) is 0 Å². The van der Waals surface area contributed by atoms with E-state index in [0.29, 0.717) is 19.4 Å². The molecule has 94 valence electrons. The van der Waals surface area contributed by atoms with E-state index in [9.17, 15) is 5.11 Å². The molecule has 1 aliphatic rings. The predicted molar refractivity (Wildman–Crippen MR) is 69.1 cm³/mol. The highest BCUT2D eigenvalue weighted by atomic mass is 16.5. The number of hydrogen-bond acceptors (Lipinski definition) is 2. The Kier molecular flexibility index (Phi) is 3.55. The van der Waals surface area contributed by atoms with Crippen LogP contribution in [0.15, 0.2) is 18.2 Å². The van der Waals surface area contributed by atoms with Gasteiger partial charge in [0, 0.05) is 12.8 Å². The van der Waals surface area contributed by atoms with E-state index in [2.05, 4.69) is 32.9 Å². The molecule has 1 fully saturated rings. The zero-order valence-corrected chi connectivity index (χ0v) is 11.0. The Morgan fingerprint density at radius 2 is 2.18 bits per heavy atom. The van der Waals surface area contributed by atoms with Crippen molar-refractivity contribution in [2.75, 3.05) is 6.61 Å².